The molecule has 6 aromatic carbocycles. The molecule has 2 aliphatic carbocycles. The van der Waals surface area contributed by atoms with Crippen LogP contribution in [0.1, 0.15) is 81.7 Å². The smallest absolute Gasteiger partial charge is 0.104 e. The maximum atomic E-state index is 9.43. The van der Waals surface area contributed by atoms with Gasteiger partial charge in [0.2, 0.25) is 0 Å². The molecule has 0 fully saturated rings. The second-order valence-corrected chi connectivity index (χ2v) is 13.7. The zero-order chi connectivity index (χ0) is 32.5. The molecule has 3 nitrogen and oxygen atoms in total. The lowest BCUT2D eigenvalue weighted by molar-refractivity contribution is 0.442. The molecular formula is C45H35N3. The number of hydrogen-bond acceptors (Lipinski definition) is 3. The number of rotatable bonds is 3. The van der Waals surface area contributed by atoms with E-state index < -0.39 is 5.41 Å². The number of nitrogens with one attached hydrogen (secondary N) is 2. The summed E-state index contributed by atoms with van der Waals surface area (Å²) in [6.07, 6.45) is 2.20. The van der Waals surface area contributed by atoms with Crippen molar-refractivity contribution >= 4 is 5.70 Å². The van der Waals surface area contributed by atoms with Gasteiger partial charge in [-0.15, -0.1) is 0 Å². The van der Waals surface area contributed by atoms with Crippen LogP contribution in [0, 0.1) is 11.3 Å². The molecule has 9 rings (SSSR count). The summed E-state index contributed by atoms with van der Waals surface area (Å²) in [5, 5.41) is 17.1. The van der Waals surface area contributed by atoms with E-state index in [0.717, 1.165) is 11.3 Å². The van der Waals surface area contributed by atoms with Crippen molar-refractivity contribution in [1.29, 1.82) is 5.26 Å². The molecule has 2 unspecified atom stereocenters. The van der Waals surface area contributed by atoms with Crippen LogP contribution in [0.4, 0.5) is 0 Å². The van der Waals surface area contributed by atoms with E-state index in [-0.39, 0.29) is 17.6 Å². The Morgan fingerprint density at radius 2 is 1.15 bits per heavy atom. The Bertz CT molecular complexity index is 2240. The van der Waals surface area contributed by atoms with Crippen LogP contribution in [0.2, 0.25) is 0 Å². The highest BCUT2D eigenvalue weighted by Gasteiger charge is 2.53. The fourth-order valence-corrected chi connectivity index (χ4v) is 8.63. The Labute approximate surface area is 282 Å². The van der Waals surface area contributed by atoms with Crippen LogP contribution in [0.3, 0.4) is 0 Å². The minimum Gasteiger partial charge on any atom is -0.366 e. The number of fused-ring (bicyclic) bond motifs is 9. The van der Waals surface area contributed by atoms with Crippen LogP contribution in [0.15, 0.2) is 152 Å². The second-order valence-electron chi connectivity index (χ2n) is 13.7. The highest BCUT2D eigenvalue weighted by molar-refractivity contribution is 5.88. The summed E-state index contributed by atoms with van der Waals surface area (Å²) in [6, 6.07) is 54.9. The van der Waals surface area contributed by atoms with E-state index in [2.05, 4.69) is 158 Å². The van der Waals surface area contributed by atoms with Crippen molar-refractivity contribution in [2.45, 2.75) is 36.9 Å². The monoisotopic (exact) mass is 617 g/mol. The van der Waals surface area contributed by atoms with Gasteiger partial charge in [-0.25, -0.2) is 0 Å². The third kappa shape index (κ3) is 4.03. The summed E-state index contributed by atoms with van der Waals surface area (Å²) in [5.41, 5.74) is 15.4. The molecule has 3 aliphatic rings. The topological polar surface area (TPSA) is 47.9 Å². The van der Waals surface area contributed by atoms with Gasteiger partial charge in [-0.1, -0.05) is 147 Å². The van der Waals surface area contributed by atoms with Crippen molar-refractivity contribution in [1.82, 2.24) is 10.6 Å². The highest BCUT2D eigenvalue weighted by Crippen LogP contribution is 2.62. The molecule has 48 heavy (non-hydrogen) atoms. The summed E-state index contributed by atoms with van der Waals surface area (Å²) < 4.78 is 0. The minimum atomic E-state index is -0.434. The molecule has 0 saturated carbocycles. The Kier molecular flexibility index (Phi) is 6.34. The van der Waals surface area contributed by atoms with E-state index in [4.69, 9.17) is 0 Å². The zero-order valence-electron chi connectivity index (χ0n) is 27.0. The summed E-state index contributed by atoms with van der Waals surface area (Å²) in [4.78, 5) is 0. The van der Waals surface area contributed by atoms with Gasteiger partial charge in [0.05, 0.1) is 23.1 Å². The molecule has 0 bridgehead atoms. The van der Waals surface area contributed by atoms with E-state index in [0.29, 0.717) is 5.56 Å². The fourth-order valence-electron chi connectivity index (χ4n) is 8.63. The molecule has 0 amide bonds. The van der Waals surface area contributed by atoms with E-state index in [1.165, 1.54) is 55.6 Å². The van der Waals surface area contributed by atoms with E-state index in [1.54, 1.807) is 0 Å². The largest absolute Gasteiger partial charge is 0.366 e. The SMILES string of the molecule is CC1(C)c2ccccc2C2(c3ccccc3-c3ccc(C4C=C(c5ccc(C#N)cc5)NC(c5ccccc5)N4)cc32)c2ccccc21. The first-order valence-corrected chi connectivity index (χ1v) is 16.7. The van der Waals surface area contributed by atoms with Crippen molar-refractivity contribution in [2.75, 3.05) is 0 Å². The maximum Gasteiger partial charge on any atom is 0.104 e. The normalized spacial score (nSPS) is 19.1. The van der Waals surface area contributed by atoms with E-state index in [9.17, 15) is 5.26 Å². The number of nitrogens with zero attached hydrogens (tertiary/aromatic N) is 1. The molecule has 0 radical (unpaired) electrons. The summed E-state index contributed by atoms with van der Waals surface area (Å²) in [6.45, 7) is 4.74. The van der Waals surface area contributed by atoms with E-state index >= 15 is 0 Å². The Morgan fingerprint density at radius 3 is 1.81 bits per heavy atom. The molecule has 0 saturated heterocycles. The predicted molar refractivity (Wildman–Crippen MR) is 193 cm³/mol. The zero-order valence-corrected chi connectivity index (χ0v) is 27.0. The van der Waals surface area contributed by atoms with Gasteiger partial charge in [0.25, 0.3) is 0 Å². The van der Waals surface area contributed by atoms with Crippen molar-refractivity contribution in [3.63, 3.8) is 0 Å². The molecule has 2 N–H and O–H groups in total. The fraction of sp³-hybridized carbons (Fsp3) is 0.133. The second kappa shape index (κ2) is 10.7. The molecule has 0 aromatic heterocycles. The van der Waals surface area contributed by atoms with Crippen molar-refractivity contribution in [3.05, 3.63) is 207 Å². The lowest BCUT2D eigenvalue weighted by Gasteiger charge is -2.46. The Hall–Kier alpha value is -5.69. The van der Waals surface area contributed by atoms with Crippen LogP contribution >= 0.6 is 0 Å². The number of hydrogen-bond donors (Lipinski definition) is 2. The number of nitriles is 1. The van der Waals surface area contributed by atoms with Crippen LogP contribution in [-0.4, -0.2) is 0 Å². The van der Waals surface area contributed by atoms with Gasteiger partial charge in [0.1, 0.15) is 6.17 Å². The highest BCUT2D eigenvalue weighted by atomic mass is 15.2. The molecule has 3 heteroatoms. The minimum absolute atomic E-state index is 0.0568. The average Bonchev–Trinajstić information content (AvgIpc) is 3.44. The predicted octanol–water partition coefficient (Wildman–Crippen LogP) is 9.53. The van der Waals surface area contributed by atoms with Gasteiger partial charge >= 0.3 is 0 Å². The third-order valence-corrected chi connectivity index (χ3v) is 10.9. The molecule has 6 aromatic rings. The summed E-state index contributed by atoms with van der Waals surface area (Å²) >= 11 is 0. The van der Waals surface area contributed by atoms with Crippen molar-refractivity contribution in [2.24, 2.45) is 0 Å². The van der Waals surface area contributed by atoms with Gasteiger partial charge in [-0.05, 0) is 79.4 Å². The first-order chi connectivity index (χ1) is 23.5. The first kappa shape index (κ1) is 28.5. The molecule has 1 heterocycles. The van der Waals surface area contributed by atoms with Gasteiger partial charge in [-0.3, -0.25) is 5.32 Å². The molecule has 1 aliphatic heterocycles. The lowest BCUT2D eigenvalue weighted by Crippen LogP contribution is -2.41. The van der Waals surface area contributed by atoms with Crippen LogP contribution in [0.25, 0.3) is 16.8 Å². The third-order valence-electron chi connectivity index (χ3n) is 10.9. The van der Waals surface area contributed by atoms with Crippen LogP contribution in [0.5, 0.6) is 0 Å². The van der Waals surface area contributed by atoms with E-state index in [1.807, 2.05) is 24.3 Å². The average molecular weight is 618 g/mol. The molecular weight excluding hydrogens is 583 g/mol. The van der Waals surface area contributed by atoms with Gasteiger partial charge in [-0.2, -0.15) is 5.26 Å². The standard InChI is InChI=1S/C45H35N3/c1-44(2)36-16-8-10-18-38(36)45(39-19-11-9-17-37(39)44)35-15-7-6-14-33(35)34-25-24-32(26-40(34)45)42-27-41(30-22-20-29(28-46)21-23-30)47-43(48-42)31-12-4-3-5-13-31/h3-27,42-43,47-48H,1-2H3. The lowest BCUT2D eigenvalue weighted by atomic mass is 9.55. The summed E-state index contributed by atoms with van der Waals surface area (Å²) in [5.74, 6) is 0. The van der Waals surface area contributed by atoms with Crippen LogP contribution in [-0.2, 0) is 10.8 Å². The van der Waals surface area contributed by atoms with Crippen molar-refractivity contribution in [3.8, 4) is 17.2 Å². The molecule has 2 atom stereocenters. The van der Waals surface area contributed by atoms with Gasteiger partial charge in [0, 0.05) is 11.1 Å². The van der Waals surface area contributed by atoms with Crippen LogP contribution < -0.4 is 10.6 Å². The Balaban J connectivity index is 1.27. The first-order valence-electron chi connectivity index (χ1n) is 16.7. The number of benzene rings is 6. The molecule has 230 valence electrons. The van der Waals surface area contributed by atoms with Gasteiger partial charge < -0.3 is 5.32 Å². The van der Waals surface area contributed by atoms with Crippen molar-refractivity contribution < 1.29 is 0 Å². The summed E-state index contributed by atoms with van der Waals surface area (Å²) in [7, 11) is 0. The molecule has 1 spiro atoms. The van der Waals surface area contributed by atoms with Gasteiger partial charge in [0.15, 0.2) is 0 Å². The Morgan fingerprint density at radius 1 is 0.562 bits per heavy atom. The quantitative estimate of drug-likeness (QED) is 0.208. The maximum absolute atomic E-state index is 9.43.